The van der Waals surface area contributed by atoms with Crippen LogP contribution in [0.3, 0.4) is 0 Å². The number of amides is 1. The topological polar surface area (TPSA) is 41.1 Å². The molecule has 21 heavy (non-hydrogen) atoms. The Bertz CT molecular complexity index is 681. The SMILES string of the molecule is Cc1ccc(Cl)cc1NC(=S)NC(=O)/C=C/c1cccs1. The van der Waals surface area contributed by atoms with Crippen molar-refractivity contribution in [3.63, 3.8) is 0 Å². The summed E-state index contributed by atoms with van der Waals surface area (Å²) < 4.78 is 0. The fourth-order valence-electron chi connectivity index (χ4n) is 1.58. The van der Waals surface area contributed by atoms with E-state index in [9.17, 15) is 4.79 Å². The van der Waals surface area contributed by atoms with Crippen molar-refractivity contribution in [3.05, 3.63) is 57.3 Å². The van der Waals surface area contributed by atoms with E-state index in [0.717, 1.165) is 16.1 Å². The summed E-state index contributed by atoms with van der Waals surface area (Å²) in [5, 5.41) is 8.35. The lowest BCUT2D eigenvalue weighted by Gasteiger charge is -2.11. The molecule has 0 aliphatic heterocycles. The Kier molecular flexibility index (Phi) is 5.50. The van der Waals surface area contributed by atoms with Crippen molar-refractivity contribution >= 4 is 57.9 Å². The Hall–Kier alpha value is -1.69. The van der Waals surface area contributed by atoms with E-state index in [1.54, 1.807) is 29.5 Å². The zero-order chi connectivity index (χ0) is 15.2. The van der Waals surface area contributed by atoms with Gasteiger partial charge in [0.2, 0.25) is 5.91 Å². The van der Waals surface area contributed by atoms with Gasteiger partial charge in [0.1, 0.15) is 0 Å². The third-order valence-electron chi connectivity index (χ3n) is 2.63. The summed E-state index contributed by atoms with van der Waals surface area (Å²) >= 11 is 12.6. The average Bonchev–Trinajstić information content (AvgIpc) is 2.94. The molecule has 0 unspecified atom stereocenters. The highest BCUT2D eigenvalue weighted by molar-refractivity contribution is 7.80. The molecule has 0 bridgehead atoms. The van der Waals surface area contributed by atoms with Crippen molar-refractivity contribution in [2.24, 2.45) is 0 Å². The molecule has 0 atom stereocenters. The van der Waals surface area contributed by atoms with Crippen LogP contribution in [0.4, 0.5) is 5.69 Å². The molecule has 0 aliphatic rings. The van der Waals surface area contributed by atoms with Crippen molar-refractivity contribution in [1.29, 1.82) is 0 Å². The van der Waals surface area contributed by atoms with Crippen LogP contribution in [-0.2, 0) is 4.79 Å². The number of nitrogens with one attached hydrogen (secondary N) is 2. The van der Waals surface area contributed by atoms with Crippen molar-refractivity contribution in [2.75, 3.05) is 5.32 Å². The molecule has 0 saturated heterocycles. The Balaban J connectivity index is 1.92. The molecule has 2 N–H and O–H groups in total. The number of aryl methyl sites for hydroxylation is 1. The molecule has 0 fully saturated rings. The maximum Gasteiger partial charge on any atom is 0.250 e. The minimum Gasteiger partial charge on any atom is -0.332 e. The number of rotatable bonds is 3. The van der Waals surface area contributed by atoms with Crippen molar-refractivity contribution in [2.45, 2.75) is 6.92 Å². The van der Waals surface area contributed by atoms with Gasteiger partial charge >= 0.3 is 0 Å². The molecule has 0 radical (unpaired) electrons. The van der Waals surface area contributed by atoms with E-state index in [1.165, 1.54) is 6.08 Å². The number of thiocarbonyl (C=S) groups is 1. The molecule has 1 heterocycles. The molecule has 1 aromatic carbocycles. The lowest BCUT2D eigenvalue weighted by atomic mass is 10.2. The van der Waals surface area contributed by atoms with E-state index in [1.807, 2.05) is 30.5 Å². The summed E-state index contributed by atoms with van der Waals surface area (Å²) in [6, 6.07) is 9.30. The quantitative estimate of drug-likeness (QED) is 0.650. The molecule has 0 aliphatic carbocycles. The molecular weight excluding hydrogens is 324 g/mol. The lowest BCUT2D eigenvalue weighted by Crippen LogP contribution is -2.33. The van der Waals surface area contributed by atoms with E-state index >= 15 is 0 Å². The number of hydrogen-bond donors (Lipinski definition) is 2. The van der Waals surface area contributed by atoms with E-state index < -0.39 is 0 Å². The zero-order valence-corrected chi connectivity index (χ0v) is 13.6. The maximum atomic E-state index is 11.7. The normalized spacial score (nSPS) is 10.6. The Morgan fingerprint density at radius 2 is 2.19 bits per heavy atom. The maximum absolute atomic E-state index is 11.7. The van der Waals surface area contributed by atoms with Crippen molar-refractivity contribution in [3.8, 4) is 0 Å². The van der Waals surface area contributed by atoms with Crippen LogP contribution in [-0.4, -0.2) is 11.0 Å². The number of benzene rings is 1. The molecule has 0 spiro atoms. The van der Waals surface area contributed by atoms with Gasteiger partial charge in [-0.2, -0.15) is 0 Å². The Labute approximate surface area is 137 Å². The number of thiophene rings is 1. The molecule has 6 heteroatoms. The monoisotopic (exact) mass is 336 g/mol. The van der Waals surface area contributed by atoms with Gasteiger partial charge in [-0.3, -0.25) is 10.1 Å². The van der Waals surface area contributed by atoms with Gasteiger partial charge in [0.05, 0.1) is 0 Å². The summed E-state index contributed by atoms with van der Waals surface area (Å²) in [4.78, 5) is 12.8. The fourth-order valence-corrected chi connectivity index (χ4v) is 2.58. The van der Waals surface area contributed by atoms with Gasteiger partial charge in [-0.1, -0.05) is 23.7 Å². The van der Waals surface area contributed by atoms with Crippen LogP contribution < -0.4 is 10.6 Å². The largest absolute Gasteiger partial charge is 0.332 e. The van der Waals surface area contributed by atoms with E-state index in [0.29, 0.717) is 5.02 Å². The second-order valence-corrected chi connectivity index (χ2v) is 6.08. The Morgan fingerprint density at radius 1 is 1.38 bits per heavy atom. The summed E-state index contributed by atoms with van der Waals surface area (Å²) in [5.41, 5.74) is 1.76. The molecule has 1 aromatic heterocycles. The van der Waals surface area contributed by atoms with Crippen LogP contribution in [0.25, 0.3) is 6.08 Å². The number of anilines is 1. The highest BCUT2D eigenvalue weighted by Gasteiger charge is 2.04. The number of halogens is 1. The standard InChI is InChI=1S/C15H13ClN2OS2/c1-10-4-5-11(16)9-13(10)17-15(20)18-14(19)7-6-12-3-2-8-21-12/h2-9H,1H3,(H2,17,18,19,20)/b7-6+. The van der Waals surface area contributed by atoms with Gasteiger partial charge in [-0.15, -0.1) is 11.3 Å². The van der Waals surface area contributed by atoms with Crippen molar-refractivity contribution < 1.29 is 4.79 Å². The third-order valence-corrected chi connectivity index (χ3v) is 3.90. The van der Waals surface area contributed by atoms with Crippen LogP contribution in [0.5, 0.6) is 0 Å². The number of hydrogen-bond acceptors (Lipinski definition) is 3. The molecule has 108 valence electrons. The summed E-state index contributed by atoms with van der Waals surface area (Å²) in [7, 11) is 0. The van der Waals surface area contributed by atoms with Gasteiger partial charge < -0.3 is 5.32 Å². The minimum atomic E-state index is -0.277. The van der Waals surface area contributed by atoms with Gasteiger partial charge in [-0.05, 0) is 54.4 Å². The lowest BCUT2D eigenvalue weighted by molar-refractivity contribution is -0.115. The summed E-state index contributed by atoms with van der Waals surface area (Å²) in [5.74, 6) is -0.277. The van der Waals surface area contributed by atoms with Crippen LogP contribution in [0, 0.1) is 6.92 Å². The summed E-state index contributed by atoms with van der Waals surface area (Å²) in [6.45, 7) is 1.93. The number of carbonyl (C=O) groups is 1. The average molecular weight is 337 g/mol. The number of carbonyl (C=O) groups excluding carboxylic acids is 1. The Morgan fingerprint density at radius 3 is 2.90 bits per heavy atom. The van der Waals surface area contributed by atoms with E-state index in [2.05, 4.69) is 10.6 Å². The van der Waals surface area contributed by atoms with Crippen LogP contribution >= 0.6 is 35.2 Å². The van der Waals surface area contributed by atoms with Gasteiger partial charge in [0.15, 0.2) is 5.11 Å². The highest BCUT2D eigenvalue weighted by atomic mass is 35.5. The highest BCUT2D eigenvalue weighted by Crippen LogP contribution is 2.19. The van der Waals surface area contributed by atoms with Crippen LogP contribution in [0.1, 0.15) is 10.4 Å². The molecule has 2 rings (SSSR count). The fraction of sp³-hybridized carbons (Fsp3) is 0.0667. The predicted octanol–water partition coefficient (Wildman–Crippen LogP) is 4.24. The molecule has 0 saturated carbocycles. The smallest absolute Gasteiger partial charge is 0.250 e. The molecule has 3 nitrogen and oxygen atoms in total. The zero-order valence-electron chi connectivity index (χ0n) is 11.2. The van der Waals surface area contributed by atoms with Gasteiger partial charge in [0.25, 0.3) is 0 Å². The first-order valence-corrected chi connectivity index (χ1v) is 7.81. The molecule has 2 aromatic rings. The molecular formula is C15H13ClN2OS2. The first-order chi connectivity index (χ1) is 10.0. The van der Waals surface area contributed by atoms with Crippen LogP contribution in [0.15, 0.2) is 41.8 Å². The van der Waals surface area contributed by atoms with Gasteiger partial charge in [0, 0.05) is 21.7 Å². The van der Waals surface area contributed by atoms with Crippen LogP contribution in [0.2, 0.25) is 5.02 Å². The van der Waals surface area contributed by atoms with Gasteiger partial charge in [-0.25, -0.2) is 0 Å². The second-order valence-electron chi connectivity index (χ2n) is 4.25. The predicted molar refractivity (Wildman–Crippen MR) is 93.9 cm³/mol. The first-order valence-electron chi connectivity index (χ1n) is 6.14. The van der Waals surface area contributed by atoms with E-state index in [-0.39, 0.29) is 11.0 Å². The van der Waals surface area contributed by atoms with Crippen molar-refractivity contribution in [1.82, 2.24) is 5.32 Å². The van der Waals surface area contributed by atoms with E-state index in [4.69, 9.17) is 23.8 Å². The third kappa shape index (κ3) is 4.97. The second kappa shape index (κ2) is 7.36. The summed E-state index contributed by atoms with van der Waals surface area (Å²) in [6.07, 6.45) is 3.19. The first kappa shape index (κ1) is 15.7. The minimum absolute atomic E-state index is 0.237. The molecule has 1 amide bonds.